The monoisotopic (exact) mass is 263 g/mol. The van der Waals surface area contributed by atoms with E-state index in [1.807, 2.05) is 20.8 Å². The van der Waals surface area contributed by atoms with Crippen molar-refractivity contribution in [2.75, 3.05) is 7.11 Å². The smallest absolute Gasteiger partial charge is 0.296 e. The second kappa shape index (κ2) is 4.87. The van der Waals surface area contributed by atoms with Crippen LogP contribution in [-0.4, -0.2) is 21.6 Å². The normalized spacial score (nSPS) is 11.6. The Morgan fingerprint density at radius 1 is 1.42 bits per heavy atom. The van der Waals surface area contributed by atoms with Crippen LogP contribution in [0.15, 0.2) is 28.0 Å². The third-order valence-electron chi connectivity index (χ3n) is 2.72. The Morgan fingerprint density at radius 2 is 2.16 bits per heavy atom. The zero-order valence-corrected chi connectivity index (χ0v) is 11.5. The molecule has 6 nitrogen and oxygen atoms in total. The molecule has 0 atom stereocenters. The molecule has 0 radical (unpaired) electrons. The summed E-state index contributed by atoms with van der Waals surface area (Å²) in [7, 11) is 1.44. The van der Waals surface area contributed by atoms with Gasteiger partial charge < -0.3 is 9.15 Å². The van der Waals surface area contributed by atoms with E-state index in [-0.39, 0.29) is 23.3 Å². The number of oxazole rings is 1. The van der Waals surface area contributed by atoms with Gasteiger partial charge in [-0.25, -0.2) is 9.97 Å². The van der Waals surface area contributed by atoms with Crippen LogP contribution in [0.4, 0.5) is 0 Å². The van der Waals surface area contributed by atoms with Crippen molar-refractivity contribution in [3.05, 3.63) is 40.7 Å². The van der Waals surface area contributed by atoms with E-state index in [0.29, 0.717) is 5.89 Å². The van der Waals surface area contributed by atoms with E-state index in [4.69, 9.17) is 9.15 Å². The zero-order chi connectivity index (χ0) is 14.0. The minimum Gasteiger partial charge on any atom is -0.490 e. The summed E-state index contributed by atoms with van der Waals surface area (Å²) in [5.74, 6) is 0.673. The van der Waals surface area contributed by atoms with E-state index in [9.17, 15) is 4.79 Å². The lowest BCUT2D eigenvalue weighted by atomic mass is 9.93. The molecule has 19 heavy (non-hydrogen) atoms. The first-order chi connectivity index (χ1) is 8.91. The lowest BCUT2D eigenvalue weighted by Crippen LogP contribution is -2.22. The third kappa shape index (κ3) is 2.83. The van der Waals surface area contributed by atoms with Gasteiger partial charge >= 0.3 is 0 Å². The van der Waals surface area contributed by atoms with Gasteiger partial charge in [0.1, 0.15) is 12.8 Å². The minimum absolute atomic E-state index is 0.0840. The van der Waals surface area contributed by atoms with Crippen molar-refractivity contribution >= 4 is 0 Å². The second-order valence-electron chi connectivity index (χ2n) is 5.27. The molecule has 0 saturated carbocycles. The maximum atomic E-state index is 11.9. The summed E-state index contributed by atoms with van der Waals surface area (Å²) in [6, 6.07) is 0. The first kappa shape index (κ1) is 13.3. The van der Waals surface area contributed by atoms with E-state index in [0.717, 1.165) is 5.69 Å². The molecular weight excluding hydrogens is 246 g/mol. The Hall–Kier alpha value is -2.11. The van der Waals surface area contributed by atoms with Crippen molar-refractivity contribution in [2.24, 2.45) is 0 Å². The second-order valence-corrected chi connectivity index (χ2v) is 5.27. The number of methoxy groups -OCH3 is 1. The Morgan fingerprint density at radius 3 is 2.74 bits per heavy atom. The predicted octanol–water partition coefficient (Wildman–Crippen LogP) is 1.59. The summed E-state index contributed by atoms with van der Waals surface area (Å²) in [5, 5.41) is 0. The van der Waals surface area contributed by atoms with Crippen LogP contribution in [0, 0.1) is 0 Å². The standard InChI is InChI=1S/C13H17N3O3/c1-13(2,3)10-7-19-11(15-10)6-16-8-14-5-9(18-4)12(16)17/h5,7-8H,6H2,1-4H3. The molecule has 0 unspecified atom stereocenters. The molecule has 2 aromatic heterocycles. The summed E-state index contributed by atoms with van der Waals surface area (Å²) in [6.07, 6.45) is 4.44. The SMILES string of the molecule is COc1cncn(Cc2nc(C(C)(C)C)co2)c1=O. The topological polar surface area (TPSA) is 70.2 Å². The highest BCUT2D eigenvalue weighted by molar-refractivity contribution is 5.13. The van der Waals surface area contributed by atoms with Crippen LogP contribution in [0.2, 0.25) is 0 Å². The fourth-order valence-corrected chi connectivity index (χ4v) is 1.56. The maximum absolute atomic E-state index is 11.9. The average Bonchev–Trinajstić information content (AvgIpc) is 2.80. The van der Waals surface area contributed by atoms with Gasteiger partial charge in [0.2, 0.25) is 11.6 Å². The van der Waals surface area contributed by atoms with Gasteiger partial charge in [-0.05, 0) is 0 Å². The van der Waals surface area contributed by atoms with Crippen molar-refractivity contribution in [2.45, 2.75) is 32.7 Å². The van der Waals surface area contributed by atoms with E-state index in [1.165, 1.54) is 24.2 Å². The number of rotatable bonds is 3. The van der Waals surface area contributed by atoms with Gasteiger partial charge in [-0.1, -0.05) is 20.8 Å². The molecule has 0 amide bonds. The highest BCUT2D eigenvalue weighted by atomic mass is 16.5. The number of hydrogen-bond donors (Lipinski definition) is 0. The molecule has 0 aromatic carbocycles. The molecule has 0 aliphatic carbocycles. The summed E-state index contributed by atoms with van der Waals surface area (Å²) < 4.78 is 11.7. The third-order valence-corrected chi connectivity index (χ3v) is 2.72. The van der Waals surface area contributed by atoms with E-state index < -0.39 is 0 Å². The lowest BCUT2D eigenvalue weighted by Gasteiger charge is -2.13. The van der Waals surface area contributed by atoms with Crippen LogP contribution >= 0.6 is 0 Å². The molecule has 0 spiro atoms. The summed E-state index contributed by atoms with van der Waals surface area (Å²) in [4.78, 5) is 20.3. The van der Waals surface area contributed by atoms with Crippen molar-refractivity contribution in [3.8, 4) is 5.75 Å². The molecule has 0 saturated heterocycles. The van der Waals surface area contributed by atoms with Crippen molar-refractivity contribution in [1.82, 2.24) is 14.5 Å². The molecule has 0 aliphatic heterocycles. The number of ether oxygens (including phenoxy) is 1. The molecule has 2 heterocycles. The maximum Gasteiger partial charge on any atom is 0.296 e. The molecule has 0 N–H and O–H groups in total. The fourth-order valence-electron chi connectivity index (χ4n) is 1.56. The molecular formula is C13H17N3O3. The van der Waals surface area contributed by atoms with Crippen LogP contribution in [0.3, 0.4) is 0 Å². The average molecular weight is 263 g/mol. The lowest BCUT2D eigenvalue weighted by molar-refractivity contribution is 0.396. The summed E-state index contributed by atoms with van der Waals surface area (Å²) in [6.45, 7) is 6.38. The summed E-state index contributed by atoms with van der Waals surface area (Å²) in [5.41, 5.74) is 0.513. The van der Waals surface area contributed by atoms with Crippen LogP contribution in [0.25, 0.3) is 0 Å². The Bertz CT molecular complexity index is 623. The summed E-state index contributed by atoms with van der Waals surface area (Å²) >= 11 is 0. The van der Waals surface area contributed by atoms with Gasteiger partial charge in [-0.2, -0.15) is 0 Å². The molecule has 102 valence electrons. The molecule has 0 aliphatic rings. The van der Waals surface area contributed by atoms with Gasteiger partial charge in [0.05, 0.1) is 25.3 Å². The molecule has 0 bridgehead atoms. The van der Waals surface area contributed by atoms with Crippen molar-refractivity contribution < 1.29 is 9.15 Å². The highest BCUT2D eigenvalue weighted by Gasteiger charge is 2.19. The quantitative estimate of drug-likeness (QED) is 0.841. The Kier molecular flexibility index (Phi) is 3.42. The first-order valence-electron chi connectivity index (χ1n) is 5.95. The predicted molar refractivity (Wildman–Crippen MR) is 69.4 cm³/mol. The fraction of sp³-hybridized carbons (Fsp3) is 0.462. The Balaban J connectivity index is 2.27. The van der Waals surface area contributed by atoms with Crippen molar-refractivity contribution in [1.29, 1.82) is 0 Å². The highest BCUT2D eigenvalue weighted by Crippen LogP contribution is 2.21. The number of aromatic nitrogens is 3. The minimum atomic E-state index is -0.256. The molecule has 2 rings (SSSR count). The van der Waals surface area contributed by atoms with Gasteiger partial charge in [0.25, 0.3) is 5.56 Å². The van der Waals surface area contributed by atoms with Crippen LogP contribution < -0.4 is 10.3 Å². The van der Waals surface area contributed by atoms with Gasteiger partial charge in [-0.15, -0.1) is 0 Å². The van der Waals surface area contributed by atoms with E-state index in [2.05, 4.69) is 9.97 Å². The van der Waals surface area contributed by atoms with Crippen LogP contribution in [-0.2, 0) is 12.0 Å². The van der Waals surface area contributed by atoms with Crippen molar-refractivity contribution in [3.63, 3.8) is 0 Å². The zero-order valence-electron chi connectivity index (χ0n) is 11.5. The Labute approximate surface area is 111 Å². The molecule has 6 heteroatoms. The van der Waals surface area contributed by atoms with Crippen LogP contribution in [0.5, 0.6) is 5.75 Å². The van der Waals surface area contributed by atoms with Gasteiger partial charge in [0.15, 0.2) is 0 Å². The largest absolute Gasteiger partial charge is 0.490 e. The number of nitrogens with zero attached hydrogens (tertiary/aromatic N) is 3. The first-order valence-corrected chi connectivity index (χ1v) is 5.95. The van der Waals surface area contributed by atoms with Gasteiger partial charge in [-0.3, -0.25) is 9.36 Å². The van der Waals surface area contributed by atoms with E-state index in [1.54, 1.807) is 6.26 Å². The number of hydrogen-bond acceptors (Lipinski definition) is 5. The van der Waals surface area contributed by atoms with Crippen LogP contribution in [0.1, 0.15) is 32.4 Å². The van der Waals surface area contributed by atoms with E-state index >= 15 is 0 Å². The molecule has 0 fully saturated rings. The molecule has 2 aromatic rings. The van der Waals surface area contributed by atoms with Gasteiger partial charge in [0, 0.05) is 5.41 Å².